The maximum absolute atomic E-state index is 12.5. The molecule has 1 aliphatic heterocycles. The fourth-order valence-corrected chi connectivity index (χ4v) is 4.07. The molecule has 0 spiro atoms. The summed E-state index contributed by atoms with van der Waals surface area (Å²) in [5, 5.41) is 3.19. The van der Waals surface area contributed by atoms with E-state index < -0.39 is 0 Å². The second-order valence-corrected chi connectivity index (χ2v) is 7.89. The molecule has 1 saturated heterocycles. The van der Waals surface area contributed by atoms with E-state index >= 15 is 0 Å². The number of hydrogen-bond acceptors (Lipinski definition) is 6. The van der Waals surface area contributed by atoms with Gasteiger partial charge in [-0.2, -0.15) is 0 Å². The predicted octanol–water partition coefficient (Wildman–Crippen LogP) is 4.31. The van der Waals surface area contributed by atoms with Crippen molar-refractivity contribution in [3.05, 3.63) is 76.9 Å². The van der Waals surface area contributed by atoms with Crippen LogP contribution in [-0.2, 0) is 9.59 Å². The van der Waals surface area contributed by atoms with Crippen LogP contribution in [0.4, 0.5) is 4.79 Å². The summed E-state index contributed by atoms with van der Waals surface area (Å²) >= 11 is 0.897. The van der Waals surface area contributed by atoms with Crippen LogP contribution in [0, 0.1) is 0 Å². The van der Waals surface area contributed by atoms with Gasteiger partial charge < -0.3 is 14.5 Å². The van der Waals surface area contributed by atoms with E-state index in [1.807, 2.05) is 42.5 Å². The van der Waals surface area contributed by atoms with E-state index in [9.17, 15) is 14.4 Å². The average Bonchev–Trinajstić information content (AvgIpc) is 3.34. The third kappa shape index (κ3) is 4.76. The van der Waals surface area contributed by atoms with Crippen LogP contribution in [-0.4, -0.2) is 42.2 Å². The molecular weight excluding hydrogens is 428 g/mol. The molecular formula is C24H20N2O5S. The van der Waals surface area contributed by atoms with Crippen molar-refractivity contribution >= 4 is 51.9 Å². The van der Waals surface area contributed by atoms with Gasteiger partial charge in [0.2, 0.25) is 5.91 Å². The van der Waals surface area contributed by atoms with Gasteiger partial charge in [-0.05, 0) is 41.6 Å². The topological polar surface area (TPSA) is 88.9 Å². The van der Waals surface area contributed by atoms with Crippen LogP contribution in [0.2, 0.25) is 0 Å². The van der Waals surface area contributed by atoms with E-state index in [4.69, 9.17) is 9.15 Å². The molecule has 162 valence electrons. The molecule has 0 unspecified atom stereocenters. The maximum Gasteiger partial charge on any atom is 0.293 e. The molecule has 3 aromatic rings. The number of methoxy groups -OCH3 is 1. The molecule has 0 bridgehead atoms. The smallest absolute Gasteiger partial charge is 0.293 e. The van der Waals surface area contributed by atoms with Gasteiger partial charge >= 0.3 is 0 Å². The molecule has 1 aliphatic rings. The largest absolute Gasteiger partial charge is 0.493 e. The zero-order valence-electron chi connectivity index (χ0n) is 17.2. The highest BCUT2D eigenvalue weighted by Gasteiger charge is 2.34. The minimum atomic E-state index is -0.357. The molecule has 1 aromatic heterocycles. The van der Waals surface area contributed by atoms with Gasteiger partial charge in [-0.3, -0.25) is 19.3 Å². The number of amides is 3. The van der Waals surface area contributed by atoms with Crippen LogP contribution < -0.4 is 10.1 Å². The Morgan fingerprint density at radius 3 is 2.75 bits per heavy atom. The van der Waals surface area contributed by atoms with Gasteiger partial charge in [0.25, 0.3) is 11.1 Å². The summed E-state index contributed by atoms with van der Waals surface area (Å²) in [6.07, 6.45) is 4.58. The minimum Gasteiger partial charge on any atom is -0.493 e. The summed E-state index contributed by atoms with van der Waals surface area (Å²) < 4.78 is 11.0. The number of ether oxygens (including phenoxy) is 1. The lowest BCUT2D eigenvalue weighted by Crippen LogP contribution is -2.36. The zero-order chi connectivity index (χ0) is 22.5. The number of imide groups is 1. The highest BCUT2D eigenvalue weighted by molar-refractivity contribution is 8.18. The third-order valence-electron chi connectivity index (χ3n) is 4.75. The van der Waals surface area contributed by atoms with E-state index in [-0.39, 0.29) is 30.1 Å². The molecule has 0 radical (unpaired) electrons. The molecule has 0 aliphatic carbocycles. The average molecular weight is 449 g/mol. The van der Waals surface area contributed by atoms with Crippen molar-refractivity contribution in [2.75, 3.05) is 20.2 Å². The number of benzene rings is 2. The van der Waals surface area contributed by atoms with Crippen molar-refractivity contribution in [3.8, 4) is 5.75 Å². The second-order valence-electron chi connectivity index (χ2n) is 6.90. The minimum absolute atomic E-state index is 0.0954. The van der Waals surface area contributed by atoms with Gasteiger partial charge in [0, 0.05) is 24.6 Å². The maximum atomic E-state index is 12.5. The molecule has 1 N–H and O–H groups in total. The summed E-state index contributed by atoms with van der Waals surface area (Å²) in [7, 11) is 1.56. The summed E-state index contributed by atoms with van der Waals surface area (Å²) in [6.45, 7) is 0.242. The van der Waals surface area contributed by atoms with E-state index in [1.165, 1.54) is 6.08 Å². The molecule has 2 heterocycles. The number of thioether (sulfide) groups is 1. The Balaban J connectivity index is 1.31. The summed E-state index contributed by atoms with van der Waals surface area (Å²) in [6, 6.07) is 16.7. The van der Waals surface area contributed by atoms with E-state index in [2.05, 4.69) is 5.32 Å². The second kappa shape index (κ2) is 9.57. The fourth-order valence-electron chi connectivity index (χ4n) is 3.20. The van der Waals surface area contributed by atoms with Crippen LogP contribution in [0.15, 0.2) is 70.0 Å². The first-order valence-corrected chi connectivity index (χ1v) is 10.7. The number of nitrogens with one attached hydrogen (secondary N) is 1. The van der Waals surface area contributed by atoms with Gasteiger partial charge in [-0.25, -0.2) is 0 Å². The van der Waals surface area contributed by atoms with Gasteiger partial charge in [-0.15, -0.1) is 0 Å². The van der Waals surface area contributed by atoms with Crippen molar-refractivity contribution < 1.29 is 23.5 Å². The normalized spacial score (nSPS) is 15.3. The van der Waals surface area contributed by atoms with Gasteiger partial charge in [0.1, 0.15) is 5.76 Å². The Morgan fingerprint density at radius 2 is 1.97 bits per heavy atom. The third-order valence-corrected chi connectivity index (χ3v) is 5.66. The molecule has 3 amide bonds. The Bertz CT molecular complexity index is 1230. The Labute approximate surface area is 188 Å². The van der Waals surface area contributed by atoms with Crippen molar-refractivity contribution in [1.82, 2.24) is 10.2 Å². The van der Waals surface area contributed by atoms with Crippen LogP contribution in [0.5, 0.6) is 5.75 Å². The zero-order valence-corrected chi connectivity index (χ0v) is 18.1. The van der Waals surface area contributed by atoms with Crippen LogP contribution in [0.1, 0.15) is 11.3 Å². The van der Waals surface area contributed by atoms with E-state index in [1.54, 1.807) is 31.4 Å². The highest BCUT2D eigenvalue weighted by Crippen LogP contribution is 2.32. The molecule has 4 rings (SSSR count). The van der Waals surface area contributed by atoms with Crippen molar-refractivity contribution in [1.29, 1.82) is 0 Å². The number of carbonyl (C=O) groups excluding carboxylic acids is 3. The quantitative estimate of drug-likeness (QED) is 0.542. The standard InChI is InChI=1S/C24H20N2O5S/c1-30-19-9-5-8-17-15-18(31-22(17)19)10-11-21(27)25-12-13-26-23(28)20(32-24(26)29)14-16-6-3-2-4-7-16/h2-11,14-15H,12-13H2,1H3,(H,25,27)/b11-10+,20-14-. The number of fused-ring (bicyclic) bond motifs is 1. The predicted molar refractivity (Wildman–Crippen MR) is 124 cm³/mol. The highest BCUT2D eigenvalue weighted by atomic mass is 32.2. The lowest BCUT2D eigenvalue weighted by molar-refractivity contribution is -0.123. The van der Waals surface area contributed by atoms with Crippen LogP contribution in [0.25, 0.3) is 23.1 Å². The summed E-state index contributed by atoms with van der Waals surface area (Å²) in [5.74, 6) is 0.413. The first-order valence-electron chi connectivity index (χ1n) is 9.88. The number of furan rings is 1. The first kappa shape index (κ1) is 21.5. The van der Waals surface area contributed by atoms with E-state index in [0.717, 1.165) is 27.6 Å². The Kier molecular flexibility index (Phi) is 6.42. The first-order chi connectivity index (χ1) is 15.5. The number of para-hydroxylation sites is 1. The SMILES string of the molecule is COc1cccc2cc(/C=C/C(=O)NCCN3C(=O)S/C(=C\c4ccccc4)C3=O)oc12. The molecule has 32 heavy (non-hydrogen) atoms. The molecule has 8 heteroatoms. The molecule has 7 nitrogen and oxygen atoms in total. The number of carbonyl (C=O) groups is 3. The monoisotopic (exact) mass is 448 g/mol. The number of nitrogens with zero attached hydrogens (tertiary/aromatic N) is 1. The molecule has 0 saturated carbocycles. The Morgan fingerprint density at radius 1 is 1.16 bits per heavy atom. The van der Waals surface area contributed by atoms with Crippen molar-refractivity contribution in [3.63, 3.8) is 0 Å². The Hall–Kier alpha value is -3.78. The lowest BCUT2D eigenvalue weighted by Gasteiger charge is -2.12. The van der Waals surface area contributed by atoms with Gasteiger partial charge in [0.05, 0.1) is 12.0 Å². The van der Waals surface area contributed by atoms with E-state index in [0.29, 0.717) is 22.0 Å². The van der Waals surface area contributed by atoms with Crippen LogP contribution in [0.3, 0.4) is 0 Å². The number of hydrogen-bond donors (Lipinski definition) is 1. The van der Waals surface area contributed by atoms with Crippen molar-refractivity contribution in [2.24, 2.45) is 0 Å². The lowest BCUT2D eigenvalue weighted by atomic mass is 10.2. The fraction of sp³-hybridized carbons (Fsp3) is 0.125. The van der Waals surface area contributed by atoms with Crippen molar-refractivity contribution in [2.45, 2.75) is 0 Å². The summed E-state index contributed by atoms with van der Waals surface area (Å²) in [4.78, 5) is 38.3. The molecule has 1 fully saturated rings. The van der Waals surface area contributed by atoms with Gasteiger partial charge in [-0.1, -0.05) is 42.5 Å². The van der Waals surface area contributed by atoms with Crippen LogP contribution >= 0.6 is 11.8 Å². The van der Waals surface area contributed by atoms with Gasteiger partial charge in [0.15, 0.2) is 11.3 Å². The number of rotatable bonds is 7. The molecule has 0 atom stereocenters. The molecule has 2 aromatic carbocycles. The summed E-state index contributed by atoms with van der Waals surface area (Å²) in [5.41, 5.74) is 1.46.